The fourth-order valence-corrected chi connectivity index (χ4v) is 3.68. The number of carbonyl (C=O) groups is 1. The maximum absolute atomic E-state index is 12.5. The van der Waals surface area contributed by atoms with Gasteiger partial charge in [-0.2, -0.15) is 0 Å². The zero-order valence-corrected chi connectivity index (χ0v) is 16.0. The van der Waals surface area contributed by atoms with Crippen LogP contribution in [0.3, 0.4) is 0 Å². The summed E-state index contributed by atoms with van der Waals surface area (Å²) >= 11 is 1.71. The molecule has 0 bridgehead atoms. The van der Waals surface area contributed by atoms with E-state index >= 15 is 0 Å². The standard InChI is InChI=1S/C20H23N3O2S/c1-4-20(10-5-11-26-20)25-16-8-6-15(7-9-16)23-19(24)17-12-13(2)14(3)22-18(17)21/h5-9,11-12H,4,10H2,1-3H3,(H2,21,22)(H,23,24). The van der Waals surface area contributed by atoms with Crippen molar-refractivity contribution in [3.63, 3.8) is 0 Å². The van der Waals surface area contributed by atoms with Crippen LogP contribution in [0, 0.1) is 13.8 Å². The van der Waals surface area contributed by atoms with Crippen LogP contribution in [0.15, 0.2) is 41.8 Å². The van der Waals surface area contributed by atoms with Crippen LogP contribution >= 0.6 is 11.8 Å². The molecule has 136 valence electrons. The number of ether oxygens (including phenoxy) is 1. The lowest BCUT2D eigenvalue weighted by atomic mass is 10.1. The van der Waals surface area contributed by atoms with Gasteiger partial charge in [0.25, 0.3) is 5.91 Å². The van der Waals surface area contributed by atoms with Crippen molar-refractivity contribution in [1.82, 2.24) is 4.98 Å². The molecule has 1 unspecified atom stereocenters. The Kier molecular flexibility index (Phi) is 5.23. The smallest absolute Gasteiger partial charge is 0.259 e. The molecule has 26 heavy (non-hydrogen) atoms. The van der Waals surface area contributed by atoms with Gasteiger partial charge in [-0.15, -0.1) is 0 Å². The molecule has 0 radical (unpaired) electrons. The molecule has 3 N–H and O–H groups in total. The molecule has 1 atom stereocenters. The molecule has 1 aromatic carbocycles. The van der Waals surface area contributed by atoms with Gasteiger partial charge in [0.2, 0.25) is 0 Å². The number of nitrogens with zero attached hydrogens (tertiary/aromatic N) is 1. The number of hydrogen-bond donors (Lipinski definition) is 2. The number of nitrogens with one attached hydrogen (secondary N) is 1. The predicted octanol–water partition coefficient (Wildman–Crippen LogP) is 4.67. The van der Waals surface area contributed by atoms with Gasteiger partial charge in [0.1, 0.15) is 11.6 Å². The third kappa shape index (κ3) is 3.85. The molecular weight excluding hydrogens is 346 g/mol. The first-order valence-electron chi connectivity index (χ1n) is 8.59. The van der Waals surface area contributed by atoms with Crippen molar-refractivity contribution >= 4 is 29.2 Å². The zero-order valence-electron chi connectivity index (χ0n) is 15.2. The molecule has 1 aromatic heterocycles. The summed E-state index contributed by atoms with van der Waals surface area (Å²) in [6.07, 6.45) is 3.94. The summed E-state index contributed by atoms with van der Waals surface area (Å²) in [5.41, 5.74) is 8.71. The number of aromatic nitrogens is 1. The number of pyridine rings is 1. The lowest BCUT2D eigenvalue weighted by Crippen LogP contribution is -2.28. The van der Waals surface area contributed by atoms with Crippen molar-refractivity contribution in [2.45, 2.75) is 38.5 Å². The highest BCUT2D eigenvalue weighted by Gasteiger charge is 2.32. The van der Waals surface area contributed by atoms with Crippen molar-refractivity contribution < 1.29 is 9.53 Å². The quantitative estimate of drug-likeness (QED) is 0.801. The number of aryl methyl sites for hydroxylation is 2. The molecule has 0 saturated carbocycles. The van der Waals surface area contributed by atoms with Gasteiger partial charge in [0.05, 0.1) is 5.56 Å². The number of amides is 1. The fourth-order valence-electron chi connectivity index (χ4n) is 2.74. The van der Waals surface area contributed by atoms with E-state index < -0.39 is 0 Å². The van der Waals surface area contributed by atoms with E-state index in [9.17, 15) is 4.79 Å². The van der Waals surface area contributed by atoms with E-state index in [4.69, 9.17) is 10.5 Å². The van der Waals surface area contributed by atoms with Gasteiger partial charge < -0.3 is 15.8 Å². The molecule has 5 nitrogen and oxygen atoms in total. The SMILES string of the molecule is CCC1(Oc2ccc(NC(=O)c3cc(C)c(C)nc3N)cc2)CC=CS1. The molecule has 2 heterocycles. The molecule has 0 fully saturated rings. The van der Waals surface area contributed by atoms with Gasteiger partial charge in [0.15, 0.2) is 4.93 Å². The first-order chi connectivity index (χ1) is 12.4. The van der Waals surface area contributed by atoms with Crippen molar-refractivity contribution in [3.05, 3.63) is 58.6 Å². The van der Waals surface area contributed by atoms with Gasteiger partial charge in [0, 0.05) is 17.8 Å². The number of hydrogen-bond acceptors (Lipinski definition) is 5. The number of rotatable bonds is 5. The highest BCUT2D eigenvalue weighted by molar-refractivity contribution is 8.03. The van der Waals surface area contributed by atoms with Crippen LogP contribution in [0.2, 0.25) is 0 Å². The summed E-state index contributed by atoms with van der Waals surface area (Å²) in [5.74, 6) is 0.752. The third-order valence-corrected chi connectivity index (χ3v) is 5.80. The minimum Gasteiger partial charge on any atom is -0.476 e. The minimum absolute atomic E-state index is 0.218. The van der Waals surface area contributed by atoms with Crippen molar-refractivity contribution in [3.8, 4) is 5.75 Å². The number of carbonyl (C=O) groups excluding carboxylic acids is 1. The van der Waals surface area contributed by atoms with Gasteiger partial charge in [-0.25, -0.2) is 4.98 Å². The lowest BCUT2D eigenvalue weighted by molar-refractivity contribution is 0.102. The summed E-state index contributed by atoms with van der Waals surface area (Å²) in [5, 5.41) is 4.94. The molecular formula is C20H23N3O2S. The second-order valence-corrected chi connectivity index (χ2v) is 7.61. The zero-order chi connectivity index (χ0) is 18.7. The molecule has 0 saturated heterocycles. The normalized spacial score (nSPS) is 18.7. The number of nitrogens with two attached hydrogens (primary N) is 1. The molecule has 2 aromatic rings. The van der Waals surface area contributed by atoms with E-state index in [1.165, 1.54) is 0 Å². The molecule has 1 aliphatic heterocycles. The first kappa shape index (κ1) is 18.3. The van der Waals surface area contributed by atoms with Crippen LogP contribution in [0.1, 0.15) is 41.4 Å². The van der Waals surface area contributed by atoms with Crippen molar-refractivity contribution in [1.29, 1.82) is 0 Å². The Balaban J connectivity index is 1.69. The highest BCUT2D eigenvalue weighted by atomic mass is 32.2. The third-order valence-electron chi connectivity index (χ3n) is 4.50. The average Bonchev–Trinajstić information content (AvgIpc) is 3.09. The van der Waals surface area contributed by atoms with E-state index in [1.807, 2.05) is 38.1 Å². The average molecular weight is 369 g/mol. The van der Waals surface area contributed by atoms with Crippen LogP contribution in [-0.2, 0) is 0 Å². The monoisotopic (exact) mass is 369 g/mol. The van der Waals surface area contributed by atoms with E-state index in [2.05, 4.69) is 28.7 Å². The Hall–Kier alpha value is -2.47. The summed E-state index contributed by atoms with van der Waals surface area (Å²) in [6, 6.07) is 9.16. The molecule has 3 rings (SSSR count). The van der Waals surface area contributed by atoms with Crippen LogP contribution in [0.5, 0.6) is 5.75 Å². The lowest BCUT2D eigenvalue weighted by Gasteiger charge is -2.28. The van der Waals surface area contributed by atoms with E-state index in [0.717, 1.165) is 29.8 Å². The molecule has 0 spiro atoms. The number of anilines is 2. The van der Waals surface area contributed by atoms with Crippen molar-refractivity contribution in [2.24, 2.45) is 0 Å². The molecule has 0 aliphatic carbocycles. The van der Waals surface area contributed by atoms with Gasteiger partial charge in [-0.05, 0) is 61.6 Å². The van der Waals surface area contributed by atoms with Crippen LogP contribution in [-0.4, -0.2) is 15.8 Å². The van der Waals surface area contributed by atoms with Gasteiger partial charge in [-0.1, -0.05) is 24.8 Å². The highest BCUT2D eigenvalue weighted by Crippen LogP contribution is 2.41. The number of benzene rings is 1. The fraction of sp³-hybridized carbons (Fsp3) is 0.300. The van der Waals surface area contributed by atoms with Crippen LogP contribution < -0.4 is 15.8 Å². The van der Waals surface area contributed by atoms with E-state index in [1.54, 1.807) is 17.8 Å². The Morgan fingerprint density at radius 2 is 2.08 bits per heavy atom. The summed E-state index contributed by atoms with van der Waals surface area (Å²) in [7, 11) is 0. The van der Waals surface area contributed by atoms with E-state index in [-0.39, 0.29) is 16.7 Å². The van der Waals surface area contributed by atoms with Crippen LogP contribution in [0.25, 0.3) is 0 Å². The van der Waals surface area contributed by atoms with Gasteiger partial charge in [-0.3, -0.25) is 4.79 Å². The Labute approximate surface area is 158 Å². The van der Waals surface area contributed by atoms with E-state index in [0.29, 0.717) is 11.3 Å². The molecule has 6 heteroatoms. The second kappa shape index (κ2) is 7.41. The first-order valence-corrected chi connectivity index (χ1v) is 9.47. The number of nitrogen functional groups attached to an aromatic ring is 1. The van der Waals surface area contributed by atoms with Crippen LogP contribution in [0.4, 0.5) is 11.5 Å². The topological polar surface area (TPSA) is 77.2 Å². The minimum atomic E-state index is -0.271. The Bertz CT molecular complexity index is 839. The van der Waals surface area contributed by atoms with Crippen molar-refractivity contribution in [2.75, 3.05) is 11.1 Å². The Morgan fingerprint density at radius 1 is 1.35 bits per heavy atom. The van der Waals surface area contributed by atoms with Gasteiger partial charge >= 0.3 is 0 Å². The molecule has 1 aliphatic rings. The predicted molar refractivity (Wildman–Crippen MR) is 108 cm³/mol. The largest absolute Gasteiger partial charge is 0.476 e. The summed E-state index contributed by atoms with van der Waals surface area (Å²) in [4.78, 5) is 16.5. The second-order valence-electron chi connectivity index (χ2n) is 6.36. The maximum Gasteiger partial charge on any atom is 0.259 e. The summed E-state index contributed by atoms with van der Waals surface area (Å²) < 4.78 is 6.16. The molecule has 1 amide bonds. The summed E-state index contributed by atoms with van der Waals surface area (Å²) in [6.45, 7) is 5.90. The maximum atomic E-state index is 12.5. The Morgan fingerprint density at radius 3 is 2.69 bits per heavy atom. The number of thioether (sulfide) groups is 1.